The first kappa shape index (κ1) is 20.1. The predicted molar refractivity (Wildman–Crippen MR) is 110 cm³/mol. The molecule has 0 unspecified atom stereocenters. The lowest BCUT2D eigenvalue weighted by molar-refractivity contribution is -0.129. The molecule has 2 aromatic carbocycles. The lowest BCUT2D eigenvalue weighted by Crippen LogP contribution is -2.27. The highest BCUT2D eigenvalue weighted by Gasteiger charge is 2.24. The zero-order valence-electron chi connectivity index (χ0n) is 16.7. The van der Waals surface area contributed by atoms with Crippen molar-refractivity contribution in [3.05, 3.63) is 65.4 Å². The summed E-state index contributed by atoms with van der Waals surface area (Å²) in [6.45, 7) is 5.37. The second-order valence-electron chi connectivity index (χ2n) is 7.32. The van der Waals surface area contributed by atoms with Gasteiger partial charge in [0.25, 0.3) is 0 Å². The number of benzene rings is 2. The van der Waals surface area contributed by atoms with Crippen molar-refractivity contribution in [3.8, 4) is 5.75 Å². The zero-order chi connectivity index (χ0) is 21.0. The molecule has 1 aliphatic rings. The molecular weight excluding hydrogens is 372 g/mol. The molecule has 1 aliphatic heterocycles. The summed E-state index contributed by atoms with van der Waals surface area (Å²) in [6, 6.07) is 14.0. The molecule has 0 aromatic heterocycles. The lowest BCUT2D eigenvalue weighted by Gasteiger charge is -2.19. The zero-order valence-corrected chi connectivity index (χ0v) is 16.7. The summed E-state index contributed by atoms with van der Waals surface area (Å²) in [5, 5.41) is 2.65. The van der Waals surface area contributed by atoms with Gasteiger partial charge in [-0.2, -0.15) is 0 Å². The number of carbonyl (C=O) groups excluding carboxylic acids is 2. The largest absolute Gasteiger partial charge is 0.497 e. The van der Waals surface area contributed by atoms with Crippen molar-refractivity contribution in [2.24, 2.45) is 4.99 Å². The lowest BCUT2D eigenvalue weighted by atomic mass is 10.2. The molecule has 29 heavy (non-hydrogen) atoms. The van der Waals surface area contributed by atoms with E-state index in [0.29, 0.717) is 17.0 Å². The number of cyclic esters (lactones) is 1. The number of rotatable bonds is 4. The molecule has 7 heteroatoms. The summed E-state index contributed by atoms with van der Waals surface area (Å²) in [6.07, 6.45) is 1.09. The minimum Gasteiger partial charge on any atom is -0.497 e. The van der Waals surface area contributed by atoms with Crippen molar-refractivity contribution >= 4 is 29.7 Å². The predicted octanol–water partition coefficient (Wildman–Crippen LogP) is 4.39. The molecule has 0 saturated heterocycles. The molecule has 0 aliphatic carbocycles. The summed E-state index contributed by atoms with van der Waals surface area (Å²) in [5.41, 5.74) is 1.56. The highest BCUT2D eigenvalue weighted by molar-refractivity contribution is 6.13. The number of methoxy groups -OCH3 is 1. The average molecular weight is 394 g/mol. The number of anilines is 1. The van der Waals surface area contributed by atoms with Crippen LogP contribution in [-0.4, -0.2) is 30.7 Å². The standard InChI is InChI=1S/C22H22N2O5/c1-22(2,3)29-21(26)23-16-10-8-15(9-11-16)19-24-18(20(25)28-19)13-14-6-5-7-17(12-14)27-4/h5-13H,1-4H3,(H,23,26)/b18-13+. The van der Waals surface area contributed by atoms with Gasteiger partial charge in [0, 0.05) is 11.3 Å². The molecular formula is C22H22N2O5. The topological polar surface area (TPSA) is 86.2 Å². The van der Waals surface area contributed by atoms with Crippen LogP contribution in [0.15, 0.2) is 59.2 Å². The Balaban J connectivity index is 1.73. The van der Waals surface area contributed by atoms with E-state index in [1.165, 1.54) is 0 Å². The van der Waals surface area contributed by atoms with E-state index in [4.69, 9.17) is 14.2 Å². The van der Waals surface area contributed by atoms with Crippen molar-refractivity contribution in [2.45, 2.75) is 26.4 Å². The molecule has 0 spiro atoms. The van der Waals surface area contributed by atoms with Crippen LogP contribution in [0.1, 0.15) is 31.9 Å². The fourth-order valence-corrected chi connectivity index (χ4v) is 2.54. The van der Waals surface area contributed by atoms with Gasteiger partial charge >= 0.3 is 12.1 Å². The average Bonchev–Trinajstić information content (AvgIpc) is 3.01. The number of ether oxygens (including phenoxy) is 3. The number of nitrogens with zero attached hydrogens (tertiary/aromatic N) is 1. The molecule has 7 nitrogen and oxygen atoms in total. The van der Waals surface area contributed by atoms with Gasteiger partial charge in [-0.3, -0.25) is 5.32 Å². The van der Waals surface area contributed by atoms with Crippen molar-refractivity contribution < 1.29 is 23.8 Å². The van der Waals surface area contributed by atoms with Crippen LogP contribution in [-0.2, 0) is 14.3 Å². The first-order valence-corrected chi connectivity index (χ1v) is 9.00. The minimum absolute atomic E-state index is 0.198. The van der Waals surface area contributed by atoms with E-state index in [0.717, 1.165) is 5.56 Å². The van der Waals surface area contributed by atoms with E-state index < -0.39 is 17.7 Å². The maximum absolute atomic E-state index is 12.2. The number of aliphatic imine (C=N–C) groups is 1. The summed E-state index contributed by atoms with van der Waals surface area (Å²) in [7, 11) is 1.58. The van der Waals surface area contributed by atoms with E-state index >= 15 is 0 Å². The summed E-state index contributed by atoms with van der Waals surface area (Å²) >= 11 is 0. The van der Waals surface area contributed by atoms with Gasteiger partial charge in [-0.25, -0.2) is 14.6 Å². The van der Waals surface area contributed by atoms with Crippen LogP contribution in [0.4, 0.5) is 10.5 Å². The number of nitrogens with one attached hydrogen (secondary N) is 1. The van der Waals surface area contributed by atoms with Crippen LogP contribution >= 0.6 is 0 Å². The Bertz CT molecular complexity index is 985. The number of hydrogen-bond donors (Lipinski definition) is 1. The first-order valence-electron chi connectivity index (χ1n) is 9.00. The molecule has 150 valence electrons. The summed E-state index contributed by atoms with van der Waals surface area (Å²) in [4.78, 5) is 28.3. The highest BCUT2D eigenvalue weighted by Crippen LogP contribution is 2.22. The maximum atomic E-state index is 12.2. The van der Waals surface area contributed by atoms with Gasteiger partial charge < -0.3 is 14.2 Å². The SMILES string of the molecule is COc1cccc(/C=C2/N=C(c3ccc(NC(=O)OC(C)(C)C)cc3)OC2=O)c1. The molecule has 1 N–H and O–H groups in total. The summed E-state index contributed by atoms with van der Waals surface area (Å²) < 4.78 is 15.7. The molecule has 3 rings (SSSR count). The Kier molecular flexibility index (Phi) is 5.68. The van der Waals surface area contributed by atoms with Crippen LogP contribution in [0.2, 0.25) is 0 Å². The van der Waals surface area contributed by atoms with Crippen molar-refractivity contribution in [1.29, 1.82) is 0 Å². The number of amides is 1. The van der Waals surface area contributed by atoms with Gasteiger partial charge in [0.05, 0.1) is 7.11 Å². The third-order valence-corrected chi connectivity index (χ3v) is 3.79. The molecule has 0 radical (unpaired) electrons. The second-order valence-corrected chi connectivity index (χ2v) is 7.32. The Morgan fingerprint density at radius 3 is 2.52 bits per heavy atom. The third kappa shape index (κ3) is 5.44. The third-order valence-electron chi connectivity index (χ3n) is 3.79. The molecule has 0 atom stereocenters. The fraction of sp³-hybridized carbons (Fsp3) is 0.227. The molecule has 0 bridgehead atoms. The second kappa shape index (κ2) is 8.18. The van der Waals surface area contributed by atoms with Crippen molar-refractivity contribution in [3.63, 3.8) is 0 Å². The number of carbonyl (C=O) groups is 2. The van der Waals surface area contributed by atoms with Crippen molar-refractivity contribution in [1.82, 2.24) is 0 Å². The van der Waals surface area contributed by atoms with Crippen LogP contribution in [0.5, 0.6) is 5.75 Å². The molecule has 0 saturated carbocycles. The van der Waals surface area contributed by atoms with E-state index in [2.05, 4.69) is 10.3 Å². The van der Waals surface area contributed by atoms with Crippen LogP contribution < -0.4 is 10.1 Å². The Hall–Kier alpha value is -3.61. The van der Waals surface area contributed by atoms with Crippen molar-refractivity contribution in [2.75, 3.05) is 12.4 Å². The van der Waals surface area contributed by atoms with Gasteiger partial charge in [0.15, 0.2) is 5.70 Å². The van der Waals surface area contributed by atoms with Gasteiger partial charge in [-0.05, 0) is 68.8 Å². The smallest absolute Gasteiger partial charge is 0.412 e. The van der Waals surface area contributed by atoms with Crippen LogP contribution in [0.3, 0.4) is 0 Å². The quantitative estimate of drug-likeness (QED) is 0.614. The Morgan fingerprint density at radius 1 is 1.14 bits per heavy atom. The first-order chi connectivity index (χ1) is 13.7. The van der Waals surface area contributed by atoms with E-state index in [9.17, 15) is 9.59 Å². The molecule has 2 aromatic rings. The molecule has 1 heterocycles. The number of hydrogen-bond acceptors (Lipinski definition) is 6. The Morgan fingerprint density at radius 2 is 1.86 bits per heavy atom. The van der Waals surface area contributed by atoms with Crippen LogP contribution in [0, 0.1) is 0 Å². The van der Waals surface area contributed by atoms with E-state index in [-0.39, 0.29) is 11.6 Å². The van der Waals surface area contributed by atoms with Gasteiger partial charge in [-0.1, -0.05) is 12.1 Å². The van der Waals surface area contributed by atoms with Gasteiger partial charge in [-0.15, -0.1) is 0 Å². The molecule has 0 fully saturated rings. The normalized spacial score (nSPS) is 15.0. The number of esters is 1. The van der Waals surface area contributed by atoms with E-state index in [1.807, 2.05) is 18.2 Å². The maximum Gasteiger partial charge on any atom is 0.412 e. The summed E-state index contributed by atoms with van der Waals surface area (Å²) in [5.74, 6) is 0.356. The minimum atomic E-state index is -0.581. The van der Waals surface area contributed by atoms with Gasteiger partial charge in [0.1, 0.15) is 11.4 Å². The van der Waals surface area contributed by atoms with Gasteiger partial charge in [0.2, 0.25) is 5.90 Å². The van der Waals surface area contributed by atoms with Crippen LogP contribution in [0.25, 0.3) is 6.08 Å². The molecule has 1 amide bonds. The fourth-order valence-electron chi connectivity index (χ4n) is 2.54. The van der Waals surface area contributed by atoms with E-state index in [1.54, 1.807) is 64.3 Å². The monoisotopic (exact) mass is 394 g/mol. The Labute approximate surface area is 169 Å². The highest BCUT2D eigenvalue weighted by atomic mass is 16.6.